The topological polar surface area (TPSA) is 50.9 Å². The van der Waals surface area contributed by atoms with Gasteiger partial charge in [-0.25, -0.2) is 4.98 Å². The third kappa shape index (κ3) is 2.36. The Balaban J connectivity index is 2.06. The van der Waals surface area contributed by atoms with Crippen molar-refractivity contribution in [2.24, 2.45) is 5.41 Å². The molecule has 1 saturated carbocycles. The lowest BCUT2D eigenvalue weighted by atomic mass is 9.70. The van der Waals surface area contributed by atoms with E-state index < -0.39 is 0 Å². The van der Waals surface area contributed by atoms with E-state index >= 15 is 0 Å². The highest BCUT2D eigenvalue weighted by molar-refractivity contribution is 6.37. The van der Waals surface area contributed by atoms with Crippen LogP contribution in [0.4, 0.5) is 11.6 Å². The number of anilines is 2. The molecule has 0 atom stereocenters. The van der Waals surface area contributed by atoms with Crippen LogP contribution in [0.1, 0.15) is 26.2 Å². The van der Waals surface area contributed by atoms with E-state index in [4.69, 9.17) is 28.9 Å². The molecule has 0 bridgehead atoms. The van der Waals surface area contributed by atoms with Gasteiger partial charge in [0.05, 0.1) is 10.0 Å². The average molecular weight is 260 g/mol. The first-order chi connectivity index (χ1) is 7.50. The molecule has 3 nitrogen and oxygen atoms in total. The maximum absolute atomic E-state index is 6.03. The van der Waals surface area contributed by atoms with E-state index in [0.717, 1.165) is 6.54 Å². The van der Waals surface area contributed by atoms with E-state index in [9.17, 15) is 0 Å². The molecule has 1 aliphatic carbocycles. The summed E-state index contributed by atoms with van der Waals surface area (Å²) in [5.41, 5.74) is 6.01. The molecule has 88 valence electrons. The third-order valence-corrected chi connectivity index (χ3v) is 3.79. The fraction of sp³-hybridized carbons (Fsp3) is 0.545. The van der Waals surface area contributed by atoms with Crippen LogP contribution < -0.4 is 11.1 Å². The number of halogens is 2. The number of hydrogen-bond acceptors (Lipinski definition) is 3. The maximum Gasteiger partial charge on any atom is 0.147 e. The van der Waals surface area contributed by atoms with Crippen LogP contribution in [0.5, 0.6) is 0 Å². The lowest BCUT2D eigenvalue weighted by Crippen LogP contribution is -2.33. The van der Waals surface area contributed by atoms with Gasteiger partial charge >= 0.3 is 0 Å². The predicted octanol–water partition coefficient (Wildman–Crippen LogP) is 3.57. The summed E-state index contributed by atoms with van der Waals surface area (Å²) in [5.74, 6) is 0.934. The first-order valence-electron chi connectivity index (χ1n) is 5.36. The van der Waals surface area contributed by atoms with E-state index in [1.807, 2.05) is 0 Å². The van der Waals surface area contributed by atoms with Gasteiger partial charge in [0.25, 0.3) is 0 Å². The van der Waals surface area contributed by atoms with Gasteiger partial charge in [-0.05, 0) is 24.3 Å². The number of nitrogen functional groups attached to an aromatic ring is 1. The summed E-state index contributed by atoms with van der Waals surface area (Å²) in [4.78, 5) is 4.14. The highest BCUT2D eigenvalue weighted by Gasteiger charge is 2.31. The van der Waals surface area contributed by atoms with Gasteiger partial charge in [-0.3, -0.25) is 0 Å². The number of nitrogens with zero attached hydrogens (tertiary/aromatic N) is 1. The van der Waals surface area contributed by atoms with E-state index in [1.165, 1.54) is 19.3 Å². The largest absolute Gasteiger partial charge is 0.382 e. The molecular weight excluding hydrogens is 245 g/mol. The summed E-state index contributed by atoms with van der Waals surface area (Å²) in [6, 6.07) is 1.62. The number of pyridine rings is 1. The minimum atomic E-state index is 0.312. The van der Waals surface area contributed by atoms with Gasteiger partial charge in [0.1, 0.15) is 11.6 Å². The van der Waals surface area contributed by atoms with Crippen molar-refractivity contribution < 1.29 is 0 Å². The second-order valence-electron chi connectivity index (χ2n) is 4.70. The summed E-state index contributed by atoms with van der Waals surface area (Å²) in [6.45, 7) is 3.14. The van der Waals surface area contributed by atoms with Crippen LogP contribution in [0.3, 0.4) is 0 Å². The third-order valence-electron chi connectivity index (χ3n) is 3.20. The van der Waals surface area contributed by atoms with Crippen molar-refractivity contribution in [1.29, 1.82) is 0 Å². The van der Waals surface area contributed by atoms with Gasteiger partial charge in [0.15, 0.2) is 0 Å². The first kappa shape index (κ1) is 11.8. The number of hydrogen-bond donors (Lipinski definition) is 2. The lowest BCUT2D eigenvalue weighted by Gasteiger charge is -2.38. The Morgan fingerprint density at radius 2 is 2.12 bits per heavy atom. The van der Waals surface area contributed by atoms with E-state index in [0.29, 0.717) is 27.1 Å². The molecule has 0 aliphatic heterocycles. The number of aromatic nitrogens is 1. The van der Waals surface area contributed by atoms with Gasteiger partial charge < -0.3 is 11.1 Å². The minimum absolute atomic E-state index is 0.312. The minimum Gasteiger partial charge on any atom is -0.382 e. The van der Waals surface area contributed by atoms with Gasteiger partial charge in [-0.15, -0.1) is 0 Å². The molecule has 0 saturated heterocycles. The van der Waals surface area contributed by atoms with Crippen molar-refractivity contribution in [3.05, 3.63) is 16.1 Å². The molecule has 5 heteroatoms. The fourth-order valence-corrected chi connectivity index (χ4v) is 2.28. The molecule has 16 heavy (non-hydrogen) atoms. The Morgan fingerprint density at radius 3 is 2.69 bits per heavy atom. The molecule has 0 radical (unpaired) electrons. The SMILES string of the molecule is CC1(CNc2nc(N)c(Cl)cc2Cl)CCC1. The molecule has 1 aromatic rings. The van der Waals surface area contributed by atoms with E-state index in [2.05, 4.69) is 17.2 Å². The smallest absolute Gasteiger partial charge is 0.147 e. The van der Waals surface area contributed by atoms with Gasteiger partial charge in [0, 0.05) is 6.54 Å². The summed E-state index contributed by atoms with van der Waals surface area (Å²) < 4.78 is 0. The van der Waals surface area contributed by atoms with Crippen LogP contribution in [0.15, 0.2) is 6.07 Å². The highest BCUT2D eigenvalue weighted by Crippen LogP contribution is 2.40. The van der Waals surface area contributed by atoms with Gasteiger partial charge in [-0.1, -0.05) is 36.5 Å². The molecule has 1 aromatic heterocycles. The van der Waals surface area contributed by atoms with Crippen molar-refractivity contribution in [2.75, 3.05) is 17.6 Å². The predicted molar refractivity (Wildman–Crippen MR) is 69.1 cm³/mol. The zero-order valence-corrected chi connectivity index (χ0v) is 10.7. The fourth-order valence-electron chi connectivity index (χ4n) is 1.86. The molecule has 0 spiro atoms. The molecule has 1 aliphatic rings. The van der Waals surface area contributed by atoms with Gasteiger partial charge in [0.2, 0.25) is 0 Å². The Kier molecular flexibility index (Phi) is 3.17. The molecule has 0 amide bonds. The van der Waals surface area contributed by atoms with Crippen LogP contribution in [-0.2, 0) is 0 Å². The molecule has 0 unspecified atom stereocenters. The second-order valence-corrected chi connectivity index (χ2v) is 5.52. The Bertz CT molecular complexity index is 402. The zero-order valence-electron chi connectivity index (χ0n) is 9.19. The molecule has 3 N–H and O–H groups in total. The quantitative estimate of drug-likeness (QED) is 0.873. The molecule has 1 fully saturated rings. The Labute approximate surface area is 105 Å². The van der Waals surface area contributed by atoms with Gasteiger partial charge in [-0.2, -0.15) is 0 Å². The highest BCUT2D eigenvalue weighted by atomic mass is 35.5. The normalized spacial score (nSPS) is 17.9. The van der Waals surface area contributed by atoms with E-state index in [1.54, 1.807) is 6.07 Å². The average Bonchev–Trinajstić information content (AvgIpc) is 2.19. The van der Waals surface area contributed by atoms with Crippen LogP contribution in [0.25, 0.3) is 0 Å². The summed E-state index contributed by atoms with van der Waals surface area (Å²) in [6.07, 6.45) is 3.81. The Hall–Kier alpha value is -0.670. The zero-order chi connectivity index (χ0) is 11.8. The van der Waals surface area contributed by atoms with Crippen LogP contribution in [-0.4, -0.2) is 11.5 Å². The standard InChI is InChI=1S/C11H15Cl2N3/c1-11(3-2-4-11)6-15-10-8(13)5-7(12)9(14)16-10/h5H,2-4,6H2,1H3,(H3,14,15,16). The molecule has 0 aromatic carbocycles. The molecule has 1 heterocycles. The summed E-state index contributed by atoms with van der Waals surface area (Å²) in [5, 5.41) is 4.15. The van der Waals surface area contributed by atoms with E-state index in [-0.39, 0.29) is 0 Å². The monoisotopic (exact) mass is 259 g/mol. The molecule has 2 rings (SSSR count). The van der Waals surface area contributed by atoms with Crippen LogP contribution in [0.2, 0.25) is 10.0 Å². The first-order valence-corrected chi connectivity index (χ1v) is 6.11. The number of nitrogens with two attached hydrogens (primary N) is 1. The number of nitrogens with one attached hydrogen (secondary N) is 1. The van der Waals surface area contributed by atoms with Crippen molar-refractivity contribution in [3.8, 4) is 0 Å². The van der Waals surface area contributed by atoms with Crippen molar-refractivity contribution in [1.82, 2.24) is 4.98 Å². The van der Waals surface area contributed by atoms with Crippen LogP contribution in [0, 0.1) is 5.41 Å². The van der Waals surface area contributed by atoms with Crippen molar-refractivity contribution in [3.63, 3.8) is 0 Å². The van der Waals surface area contributed by atoms with Crippen LogP contribution >= 0.6 is 23.2 Å². The second kappa shape index (κ2) is 4.30. The lowest BCUT2D eigenvalue weighted by molar-refractivity contribution is 0.180. The van der Waals surface area contributed by atoms with Crippen molar-refractivity contribution in [2.45, 2.75) is 26.2 Å². The summed E-state index contributed by atoms with van der Waals surface area (Å²) in [7, 11) is 0. The summed E-state index contributed by atoms with van der Waals surface area (Å²) >= 11 is 11.8. The Morgan fingerprint density at radius 1 is 1.44 bits per heavy atom. The van der Waals surface area contributed by atoms with Crippen molar-refractivity contribution >= 4 is 34.8 Å². The maximum atomic E-state index is 6.03. The molecular formula is C11H15Cl2N3. The number of rotatable bonds is 3.